The fraction of sp³-hybridized carbons (Fsp3) is 0.692. The highest BCUT2D eigenvalue weighted by atomic mass is 16.2. The molecule has 0 radical (unpaired) electrons. The van der Waals surface area contributed by atoms with Crippen molar-refractivity contribution in [2.45, 2.75) is 0 Å². The van der Waals surface area contributed by atoms with Gasteiger partial charge in [-0.05, 0) is 14.1 Å². The largest absolute Gasteiger partial charge is 0.354 e. The number of nitrogens with one attached hydrogen (secondary N) is 1. The molecule has 1 rings (SSSR count). The highest BCUT2D eigenvalue weighted by Gasteiger charge is 2.16. The minimum atomic E-state index is 0.00307. The van der Waals surface area contributed by atoms with Crippen LogP contribution in [0.4, 0.5) is 0 Å². The van der Waals surface area contributed by atoms with Gasteiger partial charge in [0, 0.05) is 45.8 Å². The van der Waals surface area contributed by atoms with E-state index in [0.29, 0.717) is 19.6 Å². The lowest BCUT2D eigenvalue weighted by molar-refractivity contribution is -0.125. The third-order valence-electron chi connectivity index (χ3n) is 2.98. The van der Waals surface area contributed by atoms with E-state index in [2.05, 4.69) is 10.2 Å². The SMILES string of the molecule is CN(C)C/C=C/C(=O)N(C)CCN1CCNC(=O)C1. The maximum atomic E-state index is 11.8. The van der Waals surface area contributed by atoms with Gasteiger partial charge >= 0.3 is 0 Å². The van der Waals surface area contributed by atoms with E-state index in [1.54, 1.807) is 18.0 Å². The van der Waals surface area contributed by atoms with Gasteiger partial charge in [0.2, 0.25) is 11.8 Å². The van der Waals surface area contributed by atoms with Crippen LogP contribution in [0.3, 0.4) is 0 Å². The fourth-order valence-corrected chi connectivity index (χ4v) is 1.78. The molecule has 0 aromatic rings. The van der Waals surface area contributed by atoms with Crippen molar-refractivity contribution in [2.75, 3.05) is 60.4 Å². The summed E-state index contributed by atoms with van der Waals surface area (Å²) in [6.45, 7) is 4.10. The predicted octanol–water partition coefficient (Wildman–Crippen LogP) is -1.01. The Kier molecular flexibility index (Phi) is 6.52. The number of carbonyl (C=O) groups is 2. The Bertz CT molecular complexity index is 342. The second kappa shape index (κ2) is 7.91. The van der Waals surface area contributed by atoms with Crippen LogP contribution in [0.1, 0.15) is 0 Å². The van der Waals surface area contributed by atoms with E-state index in [-0.39, 0.29) is 11.8 Å². The fourth-order valence-electron chi connectivity index (χ4n) is 1.78. The molecule has 0 aromatic carbocycles. The topological polar surface area (TPSA) is 55.9 Å². The number of amides is 2. The molecule has 1 N–H and O–H groups in total. The van der Waals surface area contributed by atoms with Crippen LogP contribution in [-0.2, 0) is 9.59 Å². The molecule has 1 fully saturated rings. The Morgan fingerprint density at radius 1 is 1.42 bits per heavy atom. The molecule has 0 aliphatic carbocycles. The summed E-state index contributed by atoms with van der Waals surface area (Å²) in [7, 11) is 5.70. The van der Waals surface area contributed by atoms with Crippen LogP contribution in [0.2, 0.25) is 0 Å². The average molecular weight is 268 g/mol. The molecule has 1 saturated heterocycles. The first-order valence-electron chi connectivity index (χ1n) is 6.54. The molecule has 19 heavy (non-hydrogen) atoms. The van der Waals surface area contributed by atoms with Crippen molar-refractivity contribution in [3.8, 4) is 0 Å². The van der Waals surface area contributed by atoms with Gasteiger partial charge in [-0.2, -0.15) is 0 Å². The summed E-state index contributed by atoms with van der Waals surface area (Å²) in [6.07, 6.45) is 3.45. The maximum absolute atomic E-state index is 11.8. The number of hydrogen-bond acceptors (Lipinski definition) is 4. The Labute approximate surface area is 115 Å². The molecule has 1 aliphatic heterocycles. The van der Waals surface area contributed by atoms with E-state index in [9.17, 15) is 9.59 Å². The zero-order valence-electron chi connectivity index (χ0n) is 12.1. The van der Waals surface area contributed by atoms with E-state index in [1.165, 1.54) is 0 Å². The van der Waals surface area contributed by atoms with E-state index in [4.69, 9.17) is 0 Å². The second-order valence-electron chi connectivity index (χ2n) is 5.05. The van der Waals surface area contributed by atoms with Gasteiger partial charge in [-0.25, -0.2) is 0 Å². The van der Waals surface area contributed by atoms with Gasteiger partial charge in [0.25, 0.3) is 0 Å². The molecule has 6 heteroatoms. The van der Waals surface area contributed by atoms with Crippen LogP contribution in [0.5, 0.6) is 0 Å². The average Bonchev–Trinajstić information content (AvgIpc) is 2.35. The van der Waals surface area contributed by atoms with E-state index in [1.807, 2.05) is 25.1 Å². The van der Waals surface area contributed by atoms with Gasteiger partial charge in [-0.15, -0.1) is 0 Å². The Hall–Kier alpha value is -1.40. The van der Waals surface area contributed by atoms with Crippen molar-refractivity contribution in [3.05, 3.63) is 12.2 Å². The molecule has 0 atom stereocenters. The molecular formula is C13H24N4O2. The van der Waals surface area contributed by atoms with Gasteiger partial charge in [-0.3, -0.25) is 14.5 Å². The lowest BCUT2D eigenvalue weighted by atomic mass is 10.3. The number of nitrogens with zero attached hydrogens (tertiary/aromatic N) is 3. The van der Waals surface area contributed by atoms with Crippen LogP contribution < -0.4 is 5.32 Å². The van der Waals surface area contributed by atoms with Gasteiger partial charge in [0.15, 0.2) is 0 Å². The van der Waals surface area contributed by atoms with E-state index < -0.39 is 0 Å². The van der Waals surface area contributed by atoms with Gasteiger partial charge < -0.3 is 15.1 Å². The molecule has 1 heterocycles. The molecule has 6 nitrogen and oxygen atoms in total. The van der Waals surface area contributed by atoms with Crippen LogP contribution in [0, 0.1) is 0 Å². The van der Waals surface area contributed by atoms with Gasteiger partial charge in [-0.1, -0.05) is 6.08 Å². The monoisotopic (exact) mass is 268 g/mol. The van der Waals surface area contributed by atoms with Crippen LogP contribution in [0.25, 0.3) is 0 Å². The van der Waals surface area contributed by atoms with Crippen molar-refractivity contribution in [1.29, 1.82) is 0 Å². The highest BCUT2D eigenvalue weighted by molar-refractivity contribution is 5.87. The van der Waals surface area contributed by atoms with E-state index >= 15 is 0 Å². The summed E-state index contributed by atoms with van der Waals surface area (Å²) in [5.41, 5.74) is 0. The normalized spacial score (nSPS) is 16.9. The zero-order chi connectivity index (χ0) is 14.3. The molecule has 0 unspecified atom stereocenters. The van der Waals surface area contributed by atoms with Crippen molar-refractivity contribution < 1.29 is 9.59 Å². The van der Waals surface area contributed by atoms with Crippen molar-refractivity contribution in [3.63, 3.8) is 0 Å². The molecule has 108 valence electrons. The summed E-state index contributed by atoms with van der Waals surface area (Å²) in [4.78, 5) is 28.7. The lowest BCUT2D eigenvalue weighted by Gasteiger charge is -2.28. The minimum absolute atomic E-state index is 0.00307. The first kappa shape index (κ1) is 15.7. The molecule has 2 amide bonds. The maximum Gasteiger partial charge on any atom is 0.246 e. The second-order valence-corrected chi connectivity index (χ2v) is 5.05. The summed E-state index contributed by atoms with van der Waals surface area (Å²) >= 11 is 0. The predicted molar refractivity (Wildman–Crippen MR) is 74.8 cm³/mol. The third kappa shape index (κ3) is 6.35. The van der Waals surface area contributed by atoms with Gasteiger partial charge in [0.05, 0.1) is 6.54 Å². The Morgan fingerprint density at radius 3 is 2.79 bits per heavy atom. The summed E-state index contributed by atoms with van der Waals surface area (Å²) < 4.78 is 0. The Balaban J connectivity index is 2.26. The van der Waals surface area contributed by atoms with Crippen molar-refractivity contribution in [1.82, 2.24) is 20.0 Å². The van der Waals surface area contributed by atoms with Gasteiger partial charge in [0.1, 0.15) is 0 Å². The summed E-state index contributed by atoms with van der Waals surface area (Å²) in [6, 6.07) is 0. The Morgan fingerprint density at radius 2 is 2.16 bits per heavy atom. The molecule has 0 spiro atoms. The lowest BCUT2D eigenvalue weighted by Crippen LogP contribution is -2.49. The van der Waals surface area contributed by atoms with Crippen molar-refractivity contribution in [2.24, 2.45) is 0 Å². The zero-order valence-corrected chi connectivity index (χ0v) is 12.1. The third-order valence-corrected chi connectivity index (χ3v) is 2.98. The summed E-state index contributed by atoms with van der Waals surface area (Å²) in [5, 5.41) is 2.78. The van der Waals surface area contributed by atoms with Crippen LogP contribution in [0.15, 0.2) is 12.2 Å². The number of rotatable bonds is 6. The number of hydrogen-bond donors (Lipinski definition) is 1. The number of likely N-dealkylation sites (N-methyl/N-ethyl adjacent to an activating group) is 2. The number of carbonyl (C=O) groups excluding carboxylic acids is 2. The molecular weight excluding hydrogens is 244 g/mol. The summed E-state index contributed by atoms with van der Waals surface area (Å²) in [5.74, 6) is 0.0643. The van der Waals surface area contributed by atoms with Crippen LogP contribution >= 0.6 is 0 Å². The van der Waals surface area contributed by atoms with Crippen LogP contribution in [-0.4, -0.2) is 86.9 Å². The number of piperazine rings is 1. The standard InChI is InChI=1S/C13H24N4O2/c1-15(2)7-4-5-13(19)16(3)9-10-17-8-6-14-12(18)11-17/h4-5H,6-11H2,1-3H3,(H,14,18)/b5-4+. The first-order valence-corrected chi connectivity index (χ1v) is 6.54. The van der Waals surface area contributed by atoms with Crippen molar-refractivity contribution >= 4 is 11.8 Å². The minimum Gasteiger partial charge on any atom is -0.354 e. The van der Waals surface area contributed by atoms with E-state index in [0.717, 1.165) is 19.6 Å². The first-order chi connectivity index (χ1) is 8.99. The molecule has 1 aliphatic rings. The highest BCUT2D eigenvalue weighted by Crippen LogP contribution is 1.95. The quantitative estimate of drug-likeness (QED) is 0.628. The smallest absolute Gasteiger partial charge is 0.246 e. The molecule has 0 saturated carbocycles. The molecule has 0 bridgehead atoms. The molecule has 0 aromatic heterocycles.